The number of nitrogens with zero attached hydrogens (tertiary/aromatic N) is 2. The minimum Gasteiger partial charge on any atom is -0.321 e. The molecule has 4 rings (SSSR count). The van der Waals surface area contributed by atoms with Gasteiger partial charge in [0.15, 0.2) is 4.96 Å². The van der Waals surface area contributed by atoms with Gasteiger partial charge in [0.1, 0.15) is 11.4 Å². The number of fused-ring (bicyclic) bond motifs is 1. The summed E-state index contributed by atoms with van der Waals surface area (Å²) in [4.78, 5) is 29.9. The highest BCUT2D eigenvalue weighted by Gasteiger charge is 2.18. The first kappa shape index (κ1) is 19.3. The van der Waals surface area contributed by atoms with E-state index in [9.17, 15) is 18.0 Å². The molecular weight excluding hydrogens is 432 g/mol. The van der Waals surface area contributed by atoms with E-state index in [0.29, 0.717) is 16.3 Å². The minimum atomic E-state index is -3.92. The number of nitrogens with one attached hydrogen (secondary N) is 2. The van der Waals surface area contributed by atoms with Crippen molar-refractivity contribution in [3.63, 3.8) is 0 Å². The Balaban J connectivity index is 1.54. The van der Waals surface area contributed by atoms with Crippen LogP contribution in [0.2, 0.25) is 0 Å². The molecule has 0 aliphatic heterocycles. The Morgan fingerprint density at radius 2 is 1.86 bits per heavy atom. The van der Waals surface area contributed by atoms with Crippen LogP contribution in [0.15, 0.2) is 58.3 Å². The molecule has 0 aliphatic carbocycles. The maximum atomic E-state index is 12.7. The van der Waals surface area contributed by atoms with Gasteiger partial charge in [0.2, 0.25) is 5.91 Å². The van der Waals surface area contributed by atoms with Gasteiger partial charge < -0.3 is 5.32 Å². The normalized spacial score (nSPS) is 11.5. The van der Waals surface area contributed by atoms with Crippen molar-refractivity contribution >= 4 is 55.2 Å². The van der Waals surface area contributed by atoms with Crippen molar-refractivity contribution < 1.29 is 18.0 Å². The van der Waals surface area contributed by atoms with Crippen LogP contribution in [0.5, 0.6) is 0 Å². The van der Waals surface area contributed by atoms with E-state index >= 15 is 0 Å². The summed E-state index contributed by atoms with van der Waals surface area (Å²) in [5.41, 5.74) is 1.65. The number of benzene rings is 1. The highest BCUT2D eigenvalue weighted by Crippen LogP contribution is 2.27. The zero-order valence-electron chi connectivity index (χ0n) is 14.9. The van der Waals surface area contributed by atoms with Crippen LogP contribution in [0, 0.1) is 0 Å². The van der Waals surface area contributed by atoms with Crippen molar-refractivity contribution in [2.75, 3.05) is 5.32 Å². The average Bonchev–Trinajstić information content (AvgIpc) is 3.37. The second-order valence-corrected chi connectivity index (χ2v) is 9.48. The molecule has 148 valence electrons. The number of hydrogen-bond donors (Lipinski definition) is 2. The molecule has 3 heterocycles. The van der Waals surface area contributed by atoms with Crippen molar-refractivity contribution in [2.24, 2.45) is 0 Å². The minimum absolute atomic E-state index is 0.0705. The summed E-state index contributed by atoms with van der Waals surface area (Å²) in [5.74, 6) is -1.02. The van der Waals surface area contributed by atoms with Crippen LogP contribution in [0.3, 0.4) is 0 Å². The predicted octanol–water partition coefficient (Wildman–Crippen LogP) is 3.20. The smallest absolute Gasteiger partial charge is 0.273 e. The fraction of sp³-hybridized carbons (Fsp3) is 0.0556. The Kier molecular flexibility index (Phi) is 4.94. The summed E-state index contributed by atoms with van der Waals surface area (Å²) < 4.78 is 27.6. The molecule has 2 N–H and O–H groups in total. The topological polar surface area (TPSA) is 110 Å². The van der Waals surface area contributed by atoms with Crippen LogP contribution < -0.4 is 10.0 Å². The maximum Gasteiger partial charge on any atom is 0.273 e. The molecule has 0 aliphatic rings. The van der Waals surface area contributed by atoms with Crippen LogP contribution in [0.4, 0.5) is 5.69 Å². The zero-order chi connectivity index (χ0) is 20.6. The van der Waals surface area contributed by atoms with Gasteiger partial charge in [-0.15, -0.1) is 22.7 Å². The molecule has 1 aromatic carbocycles. The molecule has 4 aromatic rings. The SMILES string of the molecule is CC(=O)NS(=O)(=O)c1ccc(NC(=O)c2csc3nc(-c4cccs4)cn23)cc1. The first-order valence-electron chi connectivity index (χ1n) is 8.29. The number of amides is 2. The van der Waals surface area contributed by atoms with Gasteiger partial charge in [-0.2, -0.15) is 0 Å². The monoisotopic (exact) mass is 446 g/mol. The molecular formula is C18H14N4O4S3. The highest BCUT2D eigenvalue weighted by atomic mass is 32.2. The number of hydrogen-bond acceptors (Lipinski definition) is 7. The van der Waals surface area contributed by atoms with Crippen LogP contribution >= 0.6 is 22.7 Å². The molecule has 8 nitrogen and oxygen atoms in total. The molecule has 0 saturated heterocycles. The standard InChI is InChI=1S/C18H14N4O4S3/c1-11(23)21-29(25,26)13-6-4-12(5-7-13)19-17(24)15-10-28-18-20-14(9-22(15)18)16-3-2-8-27-16/h2-10H,1H3,(H,19,24)(H,21,23). The van der Waals surface area contributed by atoms with Crippen molar-refractivity contribution in [3.8, 4) is 10.6 Å². The fourth-order valence-electron chi connectivity index (χ4n) is 2.65. The van der Waals surface area contributed by atoms with Gasteiger partial charge in [0, 0.05) is 24.2 Å². The Labute approximate surface area is 173 Å². The van der Waals surface area contributed by atoms with Crippen molar-refractivity contribution in [3.05, 3.63) is 59.0 Å². The number of imidazole rings is 1. The molecule has 0 spiro atoms. The lowest BCUT2D eigenvalue weighted by atomic mass is 10.3. The van der Waals surface area contributed by atoms with Crippen LogP contribution in [0.1, 0.15) is 17.4 Å². The fourth-order valence-corrected chi connectivity index (χ4v) is 5.17. The van der Waals surface area contributed by atoms with Crippen molar-refractivity contribution in [2.45, 2.75) is 11.8 Å². The lowest BCUT2D eigenvalue weighted by Crippen LogP contribution is -2.28. The quantitative estimate of drug-likeness (QED) is 0.489. The molecule has 29 heavy (non-hydrogen) atoms. The number of sulfonamides is 1. The summed E-state index contributed by atoms with van der Waals surface area (Å²) in [6.45, 7) is 1.12. The highest BCUT2D eigenvalue weighted by molar-refractivity contribution is 7.90. The predicted molar refractivity (Wildman–Crippen MR) is 112 cm³/mol. The second kappa shape index (κ2) is 7.43. The first-order chi connectivity index (χ1) is 13.8. The Bertz CT molecular complexity index is 1300. The second-order valence-electron chi connectivity index (χ2n) is 6.02. The van der Waals surface area contributed by atoms with Gasteiger partial charge in [-0.1, -0.05) is 6.07 Å². The molecule has 0 fully saturated rings. The van der Waals surface area contributed by atoms with Crippen LogP contribution in [-0.4, -0.2) is 29.6 Å². The first-order valence-corrected chi connectivity index (χ1v) is 11.5. The van der Waals surface area contributed by atoms with Gasteiger partial charge >= 0.3 is 0 Å². The molecule has 11 heteroatoms. The molecule has 0 radical (unpaired) electrons. The Hall–Kier alpha value is -3.02. The summed E-state index contributed by atoms with van der Waals surface area (Å²) in [5, 5.41) is 6.42. The Morgan fingerprint density at radius 3 is 2.52 bits per heavy atom. The van der Waals surface area contributed by atoms with Gasteiger partial charge in [0.05, 0.1) is 9.77 Å². The van der Waals surface area contributed by atoms with E-state index in [0.717, 1.165) is 17.5 Å². The van der Waals surface area contributed by atoms with Crippen LogP contribution in [0.25, 0.3) is 15.5 Å². The molecule has 0 atom stereocenters. The number of thiophene rings is 1. The number of aromatic nitrogens is 2. The maximum absolute atomic E-state index is 12.7. The van der Waals surface area contributed by atoms with Crippen molar-refractivity contribution in [1.82, 2.24) is 14.1 Å². The van der Waals surface area contributed by atoms with Gasteiger partial charge in [-0.3, -0.25) is 14.0 Å². The van der Waals surface area contributed by atoms with E-state index < -0.39 is 15.9 Å². The third-order valence-corrected chi connectivity index (χ3v) is 7.10. The summed E-state index contributed by atoms with van der Waals surface area (Å²) >= 11 is 2.93. The third-order valence-electron chi connectivity index (χ3n) is 3.92. The van der Waals surface area contributed by atoms with E-state index in [1.165, 1.54) is 35.6 Å². The summed E-state index contributed by atoms with van der Waals surface area (Å²) in [7, 11) is -3.92. The number of thiazole rings is 1. The zero-order valence-corrected chi connectivity index (χ0v) is 17.4. The van der Waals surface area contributed by atoms with Gasteiger partial charge in [-0.25, -0.2) is 18.1 Å². The molecule has 2 amide bonds. The number of rotatable bonds is 5. The van der Waals surface area contributed by atoms with E-state index in [-0.39, 0.29) is 10.8 Å². The summed E-state index contributed by atoms with van der Waals surface area (Å²) in [6.07, 6.45) is 1.82. The Morgan fingerprint density at radius 1 is 1.10 bits per heavy atom. The number of carbonyl (C=O) groups excluding carboxylic acids is 2. The van der Waals surface area contributed by atoms with E-state index in [4.69, 9.17) is 0 Å². The number of anilines is 1. The molecule has 0 unspecified atom stereocenters. The lowest BCUT2D eigenvalue weighted by molar-refractivity contribution is -0.117. The average molecular weight is 447 g/mol. The molecule has 0 bridgehead atoms. The number of carbonyl (C=O) groups is 2. The van der Waals surface area contributed by atoms with E-state index in [1.54, 1.807) is 21.1 Å². The largest absolute Gasteiger partial charge is 0.321 e. The van der Waals surface area contributed by atoms with Crippen LogP contribution in [-0.2, 0) is 14.8 Å². The lowest BCUT2D eigenvalue weighted by Gasteiger charge is -2.07. The molecule has 3 aromatic heterocycles. The van der Waals surface area contributed by atoms with Crippen molar-refractivity contribution in [1.29, 1.82) is 0 Å². The molecule has 0 saturated carbocycles. The van der Waals surface area contributed by atoms with Gasteiger partial charge in [0.25, 0.3) is 15.9 Å². The summed E-state index contributed by atoms with van der Waals surface area (Å²) in [6, 6.07) is 9.46. The third kappa shape index (κ3) is 3.92. The van der Waals surface area contributed by atoms with E-state index in [2.05, 4.69) is 10.3 Å². The van der Waals surface area contributed by atoms with Gasteiger partial charge in [-0.05, 0) is 35.7 Å². The van der Waals surface area contributed by atoms with E-state index in [1.807, 2.05) is 28.4 Å².